The number of benzene rings is 2. The van der Waals surface area contributed by atoms with Crippen LogP contribution in [-0.2, 0) is 16.1 Å². The Labute approximate surface area is 165 Å². The normalized spacial score (nSPS) is 11.5. The number of halogens is 1. The third-order valence-corrected chi connectivity index (χ3v) is 4.32. The Hall–Kier alpha value is -2.89. The van der Waals surface area contributed by atoms with E-state index in [1.807, 2.05) is 44.2 Å². The lowest BCUT2D eigenvalue weighted by Crippen LogP contribution is -2.50. The molecule has 2 aromatic rings. The largest absolute Gasteiger partial charge is 0.481 e. The van der Waals surface area contributed by atoms with E-state index in [0.29, 0.717) is 13.0 Å². The fourth-order valence-electron chi connectivity index (χ4n) is 2.85. The van der Waals surface area contributed by atoms with Crippen molar-refractivity contribution in [2.45, 2.75) is 39.3 Å². The summed E-state index contributed by atoms with van der Waals surface area (Å²) in [7, 11) is 0. The van der Waals surface area contributed by atoms with E-state index < -0.39 is 11.9 Å². The number of amides is 2. The van der Waals surface area contributed by atoms with E-state index in [1.54, 1.807) is 12.1 Å². The van der Waals surface area contributed by atoms with Crippen LogP contribution in [0.15, 0.2) is 54.6 Å². The van der Waals surface area contributed by atoms with Crippen molar-refractivity contribution in [1.29, 1.82) is 0 Å². The van der Waals surface area contributed by atoms with E-state index in [-0.39, 0.29) is 30.7 Å². The molecular weight excluding hydrogens is 359 g/mol. The molecule has 5 nitrogen and oxygen atoms in total. The van der Waals surface area contributed by atoms with Crippen molar-refractivity contribution >= 4 is 11.8 Å². The van der Waals surface area contributed by atoms with Crippen molar-refractivity contribution in [2.24, 2.45) is 0 Å². The van der Waals surface area contributed by atoms with Crippen LogP contribution in [0.5, 0.6) is 5.75 Å². The smallest absolute Gasteiger partial charge is 0.261 e. The van der Waals surface area contributed by atoms with E-state index in [2.05, 4.69) is 5.32 Å². The summed E-state index contributed by atoms with van der Waals surface area (Å²) in [6.07, 6.45) is 1.28. The molecule has 0 saturated carbocycles. The maximum atomic E-state index is 13.8. The van der Waals surface area contributed by atoms with Gasteiger partial charge in [-0.05, 0) is 30.5 Å². The van der Waals surface area contributed by atoms with Gasteiger partial charge in [0.2, 0.25) is 5.91 Å². The quantitative estimate of drug-likeness (QED) is 0.680. The van der Waals surface area contributed by atoms with Gasteiger partial charge in [0.25, 0.3) is 5.91 Å². The van der Waals surface area contributed by atoms with E-state index in [4.69, 9.17) is 4.74 Å². The van der Waals surface area contributed by atoms with Crippen LogP contribution in [0.4, 0.5) is 4.39 Å². The molecule has 0 aromatic heterocycles. The van der Waals surface area contributed by atoms with Crippen LogP contribution in [0.3, 0.4) is 0 Å². The Morgan fingerprint density at radius 1 is 1.07 bits per heavy atom. The number of nitrogens with zero attached hydrogens (tertiary/aromatic N) is 1. The van der Waals surface area contributed by atoms with Crippen molar-refractivity contribution in [1.82, 2.24) is 10.2 Å². The van der Waals surface area contributed by atoms with Crippen molar-refractivity contribution in [3.63, 3.8) is 0 Å². The molecule has 0 aliphatic rings. The van der Waals surface area contributed by atoms with Crippen LogP contribution in [0.2, 0.25) is 0 Å². The second kappa shape index (κ2) is 11.1. The van der Waals surface area contributed by atoms with Crippen molar-refractivity contribution in [3.8, 4) is 5.75 Å². The number of nitrogens with one attached hydrogen (secondary N) is 1. The summed E-state index contributed by atoms with van der Waals surface area (Å²) in [6, 6.07) is 14.8. The Kier molecular flexibility index (Phi) is 8.46. The van der Waals surface area contributed by atoms with E-state index in [0.717, 1.165) is 12.0 Å². The molecule has 0 aliphatic heterocycles. The highest BCUT2D eigenvalue weighted by Gasteiger charge is 2.28. The van der Waals surface area contributed by atoms with Gasteiger partial charge in [-0.25, -0.2) is 4.39 Å². The summed E-state index contributed by atoms with van der Waals surface area (Å²) in [5.74, 6) is -1.08. The molecule has 0 saturated heterocycles. The van der Waals surface area contributed by atoms with Gasteiger partial charge in [0.15, 0.2) is 18.2 Å². The predicted octanol–water partition coefficient (Wildman–Crippen LogP) is 3.54. The van der Waals surface area contributed by atoms with Crippen LogP contribution in [-0.4, -0.2) is 35.9 Å². The fourth-order valence-corrected chi connectivity index (χ4v) is 2.85. The highest BCUT2D eigenvalue weighted by Crippen LogP contribution is 2.17. The van der Waals surface area contributed by atoms with Crippen molar-refractivity contribution in [3.05, 3.63) is 66.0 Å². The molecule has 1 N–H and O–H groups in total. The summed E-state index contributed by atoms with van der Waals surface area (Å²) < 4.78 is 19.1. The standard InChI is InChI=1S/C22H27FN2O3/c1-3-14-24-22(27)19(4-2)25(15-17-10-6-5-7-11-17)21(26)16-28-20-13-9-8-12-18(20)23/h5-13,19H,3-4,14-16H2,1-2H3,(H,24,27). The van der Waals surface area contributed by atoms with Gasteiger partial charge in [0.1, 0.15) is 6.04 Å². The molecule has 0 heterocycles. The molecule has 0 bridgehead atoms. The third-order valence-electron chi connectivity index (χ3n) is 4.32. The van der Waals surface area contributed by atoms with E-state index in [1.165, 1.54) is 17.0 Å². The van der Waals surface area contributed by atoms with Gasteiger partial charge in [0, 0.05) is 13.1 Å². The topological polar surface area (TPSA) is 58.6 Å². The summed E-state index contributed by atoms with van der Waals surface area (Å²) >= 11 is 0. The van der Waals surface area contributed by atoms with Crippen LogP contribution >= 0.6 is 0 Å². The van der Waals surface area contributed by atoms with Crippen LogP contribution < -0.4 is 10.1 Å². The first kappa shape index (κ1) is 21.4. The first-order chi connectivity index (χ1) is 13.6. The van der Waals surface area contributed by atoms with Crippen LogP contribution in [0.25, 0.3) is 0 Å². The Morgan fingerprint density at radius 2 is 1.75 bits per heavy atom. The number of rotatable bonds is 10. The summed E-state index contributed by atoms with van der Waals surface area (Å²) in [4.78, 5) is 27.0. The van der Waals surface area contributed by atoms with Crippen LogP contribution in [0, 0.1) is 5.82 Å². The third kappa shape index (κ3) is 6.08. The van der Waals surface area contributed by atoms with E-state index >= 15 is 0 Å². The number of ether oxygens (including phenoxy) is 1. The van der Waals surface area contributed by atoms with Gasteiger partial charge in [-0.15, -0.1) is 0 Å². The monoisotopic (exact) mass is 386 g/mol. The molecular formula is C22H27FN2O3. The highest BCUT2D eigenvalue weighted by atomic mass is 19.1. The fraction of sp³-hybridized carbons (Fsp3) is 0.364. The highest BCUT2D eigenvalue weighted by molar-refractivity contribution is 5.88. The van der Waals surface area contributed by atoms with E-state index in [9.17, 15) is 14.0 Å². The zero-order valence-electron chi connectivity index (χ0n) is 16.4. The van der Waals surface area contributed by atoms with Gasteiger partial charge in [-0.2, -0.15) is 0 Å². The second-order valence-corrected chi connectivity index (χ2v) is 6.44. The molecule has 150 valence electrons. The lowest BCUT2D eigenvalue weighted by molar-refractivity contribution is -0.143. The molecule has 2 aromatic carbocycles. The number of carbonyl (C=O) groups excluding carboxylic acids is 2. The average Bonchev–Trinajstić information content (AvgIpc) is 2.72. The minimum Gasteiger partial charge on any atom is -0.481 e. The van der Waals surface area contributed by atoms with Gasteiger partial charge in [-0.1, -0.05) is 56.3 Å². The van der Waals surface area contributed by atoms with Gasteiger partial charge in [0.05, 0.1) is 0 Å². The minimum atomic E-state index is -0.622. The van der Waals surface area contributed by atoms with Crippen molar-refractivity contribution < 1.29 is 18.7 Å². The molecule has 0 spiro atoms. The molecule has 0 radical (unpaired) electrons. The maximum absolute atomic E-state index is 13.8. The molecule has 1 unspecified atom stereocenters. The number of hydrogen-bond acceptors (Lipinski definition) is 3. The summed E-state index contributed by atoms with van der Waals surface area (Å²) in [5.41, 5.74) is 0.906. The number of carbonyl (C=O) groups is 2. The van der Waals surface area contributed by atoms with Gasteiger partial charge >= 0.3 is 0 Å². The molecule has 0 fully saturated rings. The number of hydrogen-bond donors (Lipinski definition) is 1. The van der Waals surface area contributed by atoms with Gasteiger partial charge < -0.3 is 15.0 Å². The number of para-hydroxylation sites is 1. The molecule has 1 atom stereocenters. The Bertz CT molecular complexity index is 767. The Morgan fingerprint density at radius 3 is 2.39 bits per heavy atom. The molecule has 2 rings (SSSR count). The molecule has 2 amide bonds. The van der Waals surface area contributed by atoms with Crippen molar-refractivity contribution in [2.75, 3.05) is 13.2 Å². The SMILES string of the molecule is CCCNC(=O)C(CC)N(Cc1ccccc1)C(=O)COc1ccccc1F. The average molecular weight is 386 g/mol. The van der Waals surface area contributed by atoms with Gasteiger partial charge in [-0.3, -0.25) is 9.59 Å². The lowest BCUT2D eigenvalue weighted by atomic mass is 10.1. The second-order valence-electron chi connectivity index (χ2n) is 6.44. The predicted molar refractivity (Wildman–Crippen MR) is 106 cm³/mol. The van der Waals surface area contributed by atoms with Crippen LogP contribution in [0.1, 0.15) is 32.3 Å². The molecule has 0 aliphatic carbocycles. The minimum absolute atomic E-state index is 0.0130. The summed E-state index contributed by atoms with van der Waals surface area (Å²) in [6.45, 7) is 4.31. The maximum Gasteiger partial charge on any atom is 0.261 e. The zero-order chi connectivity index (χ0) is 20.4. The first-order valence-corrected chi connectivity index (χ1v) is 9.55. The molecule has 6 heteroatoms. The molecule has 28 heavy (non-hydrogen) atoms. The zero-order valence-corrected chi connectivity index (χ0v) is 16.4. The Balaban J connectivity index is 2.17. The lowest BCUT2D eigenvalue weighted by Gasteiger charge is -2.30. The summed E-state index contributed by atoms with van der Waals surface area (Å²) in [5, 5.41) is 2.85. The first-order valence-electron chi connectivity index (χ1n) is 9.55.